The summed E-state index contributed by atoms with van der Waals surface area (Å²) in [6.45, 7) is 1.84. The lowest BCUT2D eigenvalue weighted by atomic mass is 10.1. The van der Waals surface area contributed by atoms with Crippen LogP contribution in [0.5, 0.6) is 0 Å². The maximum atomic E-state index is 12.6. The van der Waals surface area contributed by atoms with Crippen LogP contribution in [0.1, 0.15) is 34.1 Å². The zero-order valence-electron chi connectivity index (χ0n) is 14.4. The zero-order valence-corrected chi connectivity index (χ0v) is 14.4. The number of aryl methyl sites for hydroxylation is 1. The first kappa shape index (κ1) is 16.2. The molecular formula is C18H22N4O2. The molecule has 2 unspecified atom stereocenters. The fourth-order valence-electron chi connectivity index (χ4n) is 2.89. The Balaban J connectivity index is 1.77. The van der Waals surface area contributed by atoms with Crippen molar-refractivity contribution in [3.05, 3.63) is 47.3 Å². The first-order valence-electron chi connectivity index (χ1n) is 8.01. The van der Waals surface area contributed by atoms with Crippen LogP contribution in [-0.4, -0.2) is 40.6 Å². The molecule has 2 aromatic rings. The largest absolute Gasteiger partial charge is 0.343 e. The highest BCUT2D eigenvalue weighted by Crippen LogP contribution is 2.48. The summed E-state index contributed by atoms with van der Waals surface area (Å²) in [6.07, 6.45) is 0.839. The maximum Gasteiger partial charge on any atom is 0.276 e. The number of carbonyl (C=O) groups is 2. The summed E-state index contributed by atoms with van der Waals surface area (Å²) in [4.78, 5) is 26.3. The van der Waals surface area contributed by atoms with Crippen molar-refractivity contribution < 1.29 is 9.59 Å². The Morgan fingerprint density at radius 1 is 1.25 bits per heavy atom. The molecule has 2 amide bonds. The van der Waals surface area contributed by atoms with Crippen LogP contribution in [0.25, 0.3) is 0 Å². The molecule has 3 rings (SSSR count). The quantitative estimate of drug-likeness (QED) is 0.936. The van der Waals surface area contributed by atoms with Crippen molar-refractivity contribution >= 4 is 17.5 Å². The molecule has 0 aliphatic heterocycles. The summed E-state index contributed by atoms with van der Waals surface area (Å²) in [5.41, 5.74) is 2.75. The number of aromatic nitrogens is 2. The summed E-state index contributed by atoms with van der Waals surface area (Å²) < 4.78 is 1.62. The van der Waals surface area contributed by atoms with E-state index in [1.54, 1.807) is 25.8 Å². The molecule has 24 heavy (non-hydrogen) atoms. The number of benzene rings is 1. The van der Waals surface area contributed by atoms with Crippen molar-refractivity contribution in [3.63, 3.8) is 0 Å². The van der Waals surface area contributed by atoms with Gasteiger partial charge in [-0.3, -0.25) is 14.3 Å². The minimum Gasteiger partial charge on any atom is -0.343 e. The highest BCUT2D eigenvalue weighted by molar-refractivity contribution is 6.04. The van der Waals surface area contributed by atoms with E-state index in [-0.39, 0.29) is 29.3 Å². The van der Waals surface area contributed by atoms with Crippen LogP contribution < -0.4 is 5.32 Å². The van der Waals surface area contributed by atoms with Gasteiger partial charge in [0.1, 0.15) is 0 Å². The normalized spacial score (nSPS) is 19.0. The van der Waals surface area contributed by atoms with Crippen LogP contribution in [0.3, 0.4) is 0 Å². The Bertz CT molecular complexity index is 780. The van der Waals surface area contributed by atoms with Gasteiger partial charge in [0.15, 0.2) is 5.69 Å². The van der Waals surface area contributed by atoms with Crippen molar-refractivity contribution in [1.82, 2.24) is 14.7 Å². The highest BCUT2D eigenvalue weighted by Gasteiger charge is 2.44. The number of rotatable bonds is 4. The molecular weight excluding hydrogens is 304 g/mol. The summed E-state index contributed by atoms with van der Waals surface area (Å²) in [5.74, 6) is -0.0531. The second-order valence-corrected chi connectivity index (χ2v) is 6.48. The standard InChI is InChI=1S/C18H22N4O2/c1-11-15(16(20-22(11)4)18(24)21(2)3)19-17(23)14-10-13(14)12-8-6-5-7-9-12/h5-9,13-14H,10H2,1-4H3,(H,19,23). The summed E-state index contributed by atoms with van der Waals surface area (Å²) >= 11 is 0. The summed E-state index contributed by atoms with van der Waals surface area (Å²) in [6, 6.07) is 10.0. The zero-order chi connectivity index (χ0) is 17.4. The molecule has 126 valence electrons. The molecule has 2 atom stereocenters. The van der Waals surface area contributed by atoms with E-state index < -0.39 is 0 Å². The van der Waals surface area contributed by atoms with Crippen LogP contribution in [-0.2, 0) is 11.8 Å². The van der Waals surface area contributed by atoms with Crippen molar-refractivity contribution in [1.29, 1.82) is 0 Å². The molecule has 1 aromatic heterocycles. The van der Waals surface area contributed by atoms with Gasteiger partial charge in [0.2, 0.25) is 5.91 Å². The third-order valence-electron chi connectivity index (χ3n) is 4.55. The average Bonchev–Trinajstić information content (AvgIpc) is 3.33. The first-order valence-corrected chi connectivity index (χ1v) is 8.01. The Morgan fingerprint density at radius 2 is 1.92 bits per heavy atom. The van der Waals surface area contributed by atoms with E-state index in [4.69, 9.17) is 0 Å². The molecule has 1 aliphatic carbocycles. The minimum absolute atomic E-state index is 0.0469. The van der Waals surface area contributed by atoms with Gasteiger partial charge >= 0.3 is 0 Å². The molecule has 1 aromatic carbocycles. The Kier molecular flexibility index (Phi) is 4.13. The minimum atomic E-state index is -0.218. The second-order valence-electron chi connectivity index (χ2n) is 6.48. The summed E-state index contributed by atoms with van der Waals surface area (Å²) in [7, 11) is 5.11. The van der Waals surface area contributed by atoms with E-state index in [1.807, 2.05) is 37.3 Å². The van der Waals surface area contributed by atoms with Crippen LogP contribution in [0.2, 0.25) is 0 Å². The molecule has 1 fully saturated rings. The van der Waals surface area contributed by atoms with Gasteiger partial charge in [-0.1, -0.05) is 30.3 Å². The molecule has 1 N–H and O–H groups in total. The van der Waals surface area contributed by atoms with Gasteiger partial charge in [-0.15, -0.1) is 0 Å². The van der Waals surface area contributed by atoms with E-state index in [9.17, 15) is 9.59 Å². The highest BCUT2D eigenvalue weighted by atomic mass is 16.2. The van der Waals surface area contributed by atoms with E-state index in [2.05, 4.69) is 10.4 Å². The molecule has 0 saturated heterocycles. The molecule has 6 heteroatoms. The average molecular weight is 326 g/mol. The molecule has 1 aliphatic rings. The number of nitrogens with zero attached hydrogens (tertiary/aromatic N) is 3. The number of hydrogen-bond donors (Lipinski definition) is 1. The number of carbonyl (C=O) groups excluding carboxylic acids is 2. The van der Waals surface area contributed by atoms with Gasteiger partial charge in [-0.05, 0) is 24.8 Å². The first-order chi connectivity index (χ1) is 11.4. The van der Waals surface area contributed by atoms with Gasteiger partial charge in [-0.25, -0.2) is 0 Å². The lowest BCUT2D eigenvalue weighted by Gasteiger charge is -2.11. The van der Waals surface area contributed by atoms with Crippen LogP contribution in [0.15, 0.2) is 30.3 Å². The fraction of sp³-hybridized carbons (Fsp3) is 0.389. The van der Waals surface area contributed by atoms with Crippen molar-refractivity contribution in [2.24, 2.45) is 13.0 Å². The van der Waals surface area contributed by atoms with Crippen LogP contribution >= 0.6 is 0 Å². The van der Waals surface area contributed by atoms with Gasteiger partial charge in [0, 0.05) is 27.1 Å². The lowest BCUT2D eigenvalue weighted by molar-refractivity contribution is -0.117. The fourth-order valence-corrected chi connectivity index (χ4v) is 2.89. The van der Waals surface area contributed by atoms with E-state index in [0.717, 1.165) is 12.1 Å². The molecule has 0 spiro atoms. The van der Waals surface area contributed by atoms with Gasteiger partial charge in [-0.2, -0.15) is 5.10 Å². The van der Waals surface area contributed by atoms with Crippen molar-refractivity contribution in [2.75, 3.05) is 19.4 Å². The van der Waals surface area contributed by atoms with Crippen molar-refractivity contribution in [2.45, 2.75) is 19.3 Å². The van der Waals surface area contributed by atoms with E-state index >= 15 is 0 Å². The van der Waals surface area contributed by atoms with E-state index in [1.165, 1.54) is 10.5 Å². The number of amides is 2. The molecule has 0 radical (unpaired) electrons. The maximum absolute atomic E-state index is 12.6. The van der Waals surface area contributed by atoms with Crippen molar-refractivity contribution in [3.8, 4) is 0 Å². The van der Waals surface area contributed by atoms with Crippen LogP contribution in [0.4, 0.5) is 5.69 Å². The Labute approximate surface area is 141 Å². The van der Waals surface area contributed by atoms with Gasteiger partial charge < -0.3 is 10.2 Å². The molecule has 1 heterocycles. The third-order valence-corrected chi connectivity index (χ3v) is 4.55. The molecule has 1 saturated carbocycles. The number of hydrogen-bond acceptors (Lipinski definition) is 3. The van der Waals surface area contributed by atoms with Gasteiger partial charge in [0.05, 0.1) is 11.4 Å². The molecule has 0 bridgehead atoms. The third kappa shape index (κ3) is 2.91. The van der Waals surface area contributed by atoms with E-state index in [0.29, 0.717) is 5.69 Å². The second kappa shape index (κ2) is 6.11. The predicted molar refractivity (Wildman–Crippen MR) is 91.9 cm³/mol. The number of anilines is 1. The predicted octanol–water partition coefficient (Wildman–Crippen LogP) is 2.17. The smallest absolute Gasteiger partial charge is 0.276 e. The molecule has 6 nitrogen and oxygen atoms in total. The lowest BCUT2D eigenvalue weighted by Crippen LogP contribution is -2.24. The van der Waals surface area contributed by atoms with Gasteiger partial charge in [0.25, 0.3) is 5.91 Å². The van der Waals surface area contributed by atoms with Crippen LogP contribution in [0, 0.1) is 12.8 Å². The summed E-state index contributed by atoms with van der Waals surface area (Å²) in [5, 5.41) is 7.18. The topological polar surface area (TPSA) is 67.2 Å². The monoisotopic (exact) mass is 326 g/mol. The SMILES string of the molecule is Cc1c(NC(=O)C2CC2c2ccccc2)c(C(=O)N(C)C)nn1C. The number of nitrogens with one attached hydrogen (secondary N) is 1. The Hall–Kier alpha value is -2.63. The Morgan fingerprint density at radius 3 is 2.54 bits per heavy atom.